The SMILES string of the molecule is Cc1nc(-c2cccc(NC(C)C3CCOC3)c2)n[nH]1. The summed E-state index contributed by atoms with van der Waals surface area (Å²) >= 11 is 0. The number of rotatable bonds is 4. The van der Waals surface area contributed by atoms with Gasteiger partial charge >= 0.3 is 0 Å². The number of nitrogens with one attached hydrogen (secondary N) is 2. The number of hydrogen-bond acceptors (Lipinski definition) is 4. The first-order valence-corrected chi connectivity index (χ1v) is 7.06. The molecular formula is C15H20N4O. The molecule has 0 aliphatic carbocycles. The molecule has 2 heterocycles. The van der Waals surface area contributed by atoms with Gasteiger partial charge in [-0.05, 0) is 32.4 Å². The average molecular weight is 272 g/mol. The van der Waals surface area contributed by atoms with E-state index in [0.29, 0.717) is 12.0 Å². The highest BCUT2D eigenvalue weighted by Gasteiger charge is 2.22. The average Bonchev–Trinajstić information content (AvgIpc) is 3.10. The summed E-state index contributed by atoms with van der Waals surface area (Å²) in [6, 6.07) is 8.63. The topological polar surface area (TPSA) is 62.8 Å². The van der Waals surface area contributed by atoms with Crippen LogP contribution >= 0.6 is 0 Å². The molecule has 2 atom stereocenters. The highest BCUT2D eigenvalue weighted by Crippen LogP contribution is 2.23. The van der Waals surface area contributed by atoms with E-state index in [-0.39, 0.29) is 0 Å². The Bertz CT molecular complexity index is 575. The standard InChI is InChI=1S/C15H20N4O/c1-10(13-6-7-20-9-13)16-14-5-3-4-12(8-14)15-17-11(2)18-19-15/h3-5,8,10,13,16H,6-7,9H2,1-2H3,(H,17,18,19). The van der Waals surface area contributed by atoms with Crippen LogP contribution in [0.25, 0.3) is 11.4 Å². The maximum absolute atomic E-state index is 5.45. The fourth-order valence-corrected chi connectivity index (χ4v) is 2.55. The Hall–Kier alpha value is -1.88. The van der Waals surface area contributed by atoms with Crippen molar-refractivity contribution in [1.82, 2.24) is 15.2 Å². The van der Waals surface area contributed by atoms with E-state index in [4.69, 9.17) is 4.74 Å². The van der Waals surface area contributed by atoms with Gasteiger partial charge in [-0.15, -0.1) is 0 Å². The highest BCUT2D eigenvalue weighted by molar-refractivity contribution is 5.62. The van der Waals surface area contributed by atoms with Gasteiger partial charge < -0.3 is 10.1 Å². The van der Waals surface area contributed by atoms with Crippen molar-refractivity contribution in [3.8, 4) is 11.4 Å². The Morgan fingerprint density at radius 3 is 3.05 bits per heavy atom. The first kappa shape index (κ1) is 13.1. The van der Waals surface area contributed by atoms with Crippen LogP contribution in [0.15, 0.2) is 24.3 Å². The maximum Gasteiger partial charge on any atom is 0.181 e. The highest BCUT2D eigenvalue weighted by atomic mass is 16.5. The molecule has 1 aromatic carbocycles. The van der Waals surface area contributed by atoms with Gasteiger partial charge in [-0.1, -0.05) is 12.1 Å². The van der Waals surface area contributed by atoms with Gasteiger partial charge in [-0.25, -0.2) is 4.98 Å². The van der Waals surface area contributed by atoms with Gasteiger partial charge in [-0.2, -0.15) is 5.10 Å². The van der Waals surface area contributed by atoms with Crippen LogP contribution < -0.4 is 5.32 Å². The lowest BCUT2D eigenvalue weighted by Gasteiger charge is -2.20. The van der Waals surface area contributed by atoms with Crippen LogP contribution in [0.4, 0.5) is 5.69 Å². The summed E-state index contributed by atoms with van der Waals surface area (Å²) in [7, 11) is 0. The molecule has 1 aliphatic rings. The summed E-state index contributed by atoms with van der Waals surface area (Å²) in [6.45, 7) is 5.85. The second-order valence-electron chi connectivity index (χ2n) is 5.38. The van der Waals surface area contributed by atoms with Crippen molar-refractivity contribution in [2.75, 3.05) is 18.5 Å². The molecule has 0 saturated carbocycles. The van der Waals surface area contributed by atoms with Crippen LogP contribution in [0.2, 0.25) is 0 Å². The second kappa shape index (κ2) is 5.63. The number of H-pyrrole nitrogens is 1. The van der Waals surface area contributed by atoms with E-state index >= 15 is 0 Å². The molecule has 3 rings (SSSR count). The van der Waals surface area contributed by atoms with Crippen molar-refractivity contribution in [1.29, 1.82) is 0 Å². The predicted octanol–water partition coefficient (Wildman–Crippen LogP) is 2.62. The van der Waals surface area contributed by atoms with Gasteiger partial charge in [-0.3, -0.25) is 5.10 Å². The van der Waals surface area contributed by atoms with E-state index in [1.165, 1.54) is 0 Å². The molecule has 0 amide bonds. The largest absolute Gasteiger partial charge is 0.382 e. The number of hydrogen-bond donors (Lipinski definition) is 2. The van der Waals surface area contributed by atoms with Crippen LogP contribution in [0.1, 0.15) is 19.2 Å². The third-order valence-electron chi connectivity index (χ3n) is 3.78. The molecular weight excluding hydrogens is 252 g/mol. The summed E-state index contributed by atoms with van der Waals surface area (Å²) in [5.74, 6) is 2.15. The van der Waals surface area contributed by atoms with Crippen LogP contribution in [0, 0.1) is 12.8 Å². The Kier molecular flexibility index (Phi) is 3.69. The smallest absolute Gasteiger partial charge is 0.181 e. The number of aryl methyl sites for hydroxylation is 1. The second-order valence-corrected chi connectivity index (χ2v) is 5.38. The monoisotopic (exact) mass is 272 g/mol. The molecule has 0 spiro atoms. The van der Waals surface area contributed by atoms with E-state index in [1.807, 2.05) is 19.1 Å². The van der Waals surface area contributed by atoms with E-state index in [2.05, 4.69) is 39.6 Å². The summed E-state index contributed by atoms with van der Waals surface area (Å²) in [6.07, 6.45) is 1.13. The number of anilines is 1. The Morgan fingerprint density at radius 1 is 1.45 bits per heavy atom. The van der Waals surface area contributed by atoms with Gasteiger partial charge in [0.15, 0.2) is 5.82 Å². The Labute approximate surface area is 118 Å². The zero-order valence-electron chi connectivity index (χ0n) is 11.9. The molecule has 0 bridgehead atoms. The molecule has 1 fully saturated rings. The van der Waals surface area contributed by atoms with Crippen molar-refractivity contribution in [3.63, 3.8) is 0 Å². The van der Waals surface area contributed by atoms with Crippen molar-refractivity contribution in [2.45, 2.75) is 26.3 Å². The lowest BCUT2D eigenvalue weighted by atomic mass is 10.0. The summed E-state index contributed by atoms with van der Waals surface area (Å²) < 4.78 is 5.45. The van der Waals surface area contributed by atoms with Crippen molar-refractivity contribution < 1.29 is 4.74 Å². The third kappa shape index (κ3) is 2.82. The van der Waals surface area contributed by atoms with Crippen molar-refractivity contribution in [3.05, 3.63) is 30.1 Å². The normalized spacial score (nSPS) is 20.0. The molecule has 1 aliphatic heterocycles. The minimum Gasteiger partial charge on any atom is -0.382 e. The molecule has 2 N–H and O–H groups in total. The molecule has 2 unspecified atom stereocenters. The van der Waals surface area contributed by atoms with Crippen molar-refractivity contribution >= 4 is 5.69 Å². The van der Waals surface area contributed by atoms with E-state index < -0.39 is 0 Å². The molecule has 106 valence electrons. The van der Waals surface area contributed by atoms with E-state index in [9.17, 15) is 0 Å². The fourth-order valence-electron chi connectivity index (χ4n) is 2.55. The maximum atomic E-state index is 5.45. The molecule has 2 aromatic rings. The van der Waals surface area contributed by atoms with Gasteiger partial charge in [0.05, 0.1) is 6.61 Å². The third-order valence-corrected chi connectivity index (χ3v) is 3.78. The number of aromatic nitrogens is 3. The quantitative estimate of drug-likeness (QED) is 0.898. The van der Waals surface area contributed by atoms with E-state index in [0.717, 1.165) is 42.5 Å². The molecule has 5 heteroatoms. The zero-order chi connectivity index (χ0) is 13.9. The van der Waals surface area contributed by atoms with Crippen molar-refractivity contribution in [2.24, 2.45) is 5.92 Å². The fraction of sp³-hybridized carbons (Fsp3) is 0.467. The molecule has 1 aromatic heterocycles. The minimum atomic E-state index is 0.404. The Morgan fingerprint density at radius 2 is 2.35 bits per heavy atom. The van der Waals surface area contributed by atoms with Crippen LogP contribution in [-0.4, -0.2) is 34.4 Å². The summed E-state index contributed by atoms with van der Waals surface area (Å²) in [5.41, 5.74) is 2.12. The first-order valence-electron chi connectivity index (χ1n) is 7.06. The zero-order valence-corrected chi connectivity index (χ0v) is 11.9. The van der Waals surface area contributed by atoms with Gasteiger partial charge in [0.2, 0.25) is 0 Å². The number of benzene rings is 1. The van der Waals surface area contributed by atoms with Gasteiger partial charge in [0.1, 0.15) is 5.82 Å². The van der Waals surface area contributed by atoms with Gasteiger partial charge in [0.25, 0.3) is 0 Å². The lowest BCUT2D eigenvalue weighted by molar-refractivity contribution is 0.183. The Balaban J connectivity index is 1.74. The van der Waals surface area contributed by atoms with Gasteiger partial charge in [0, 0.05) is 29.8 Å². The molecule has 0 radical (unpaired) electrons. The van der Waals surface area contributed by atoms with E-state index in [1.54, 1.807) is 0 Å². The van der Waals surface area contributed by atoms with Crippen LogP contribution in [0.3, 0.4) is 0 Å². The number of aromatic amines is 1. The lowest BCUT2D eigenvalue weighted by Crippen LogP contribution is -2.26. The number of nitrogens with zero attached hydrogens (tertiary/aromatic N) is 2. The first-order chi connectivity index (χ1) is 9.72. The number of ether oxygens (including phenoxy) is 1. The molecule has 5 nitrogen and oxygen atoms in total. The molecule has 1 saturated heterocycles. The molecule has 20 heavy (non-hydrogen) atoms. The summed E-state index contributed by atoms with van der Waals surface area (Å²) in [5, 5.41) is 10.6. The van der Waals surface area contributed by atoms with Crippen LogP contribution in [0.5, 0.6) is 0 Å². The van der Waals surface area contributed by atoms with Crippen LogP contribution in [-0.2, 0) is 4.74 Å². The predicted molar refractivity (Wildman–Crippen MR) is 78.6 cm³/mol. The minimum absolute atomic E-state index is 0.404. The summed E-state index contributed by atoms with van der Waals surface area (Å²) in [4.78, 5) is 4.36.